The molecule has 2 aromatic rings. The number of nitro benzene ring substituents is 1. The fourth-order valence-corrected chi connectivity index (χ4v) is 3.68. The van der Waals surface area contributed by atoms with Gasteiger partial charge in [0.05, 0.1) is 9.82 Å². The predicted octanol–water partition coefficient (Wildman–Crippen LogP) is 2.61. The minimum Gasteiger partial charge on any atom is -0.323 e. The topological polar surface area (TPSA) is 115 Å². The molecular formula is C16H20ClN3O4S. The molecule has 0 bridgehead atoms. The van der Waals surface area contributed by atoms with Crippen LogP contribution in [0.5, 0.6) is 0 Å². The monoisotopic (exact) mass is 385 g/mol. The summed E-state index contributed by atoms with van der Waals surface area (Å²) in [4.78, 5) is 10.3. The lowest BCUT2D eigenvalue weighted by atomic mass is 10.1. The van der Waals surface area contributed by atoms with Crippen LogP contribution in [0.15, 0.2) is 47.4 Å². The van der Waals surface area contributed by atoms with Crippen LogP contribution in [0.3, 0.4) is 0 Å². The fraction of sp³-hybridized carbons (Fsp3) is 0.250. The van der Waals surface area contributed by atoms with E-state index in [1.165, 1.54) is 6.07 Å². The Morgan fingerprint density at radius 2 is 1.80 bits per heavy atom. The summed E-state index contributed by atoms with van der Waals surface area (Å²) in [6, 6.07) is 11.0. The van der Waals surface area contributed by atoms with Gasteiger partial charge < -0.3 is 5.73 Å². The summed E-state index contributed by atoms with van der Waals surface area (Å²) in [6.45, 7) is 3.25. The maximum atomic E-state index is 12.5. The largest absolute Gasteiger partial charge is 0.323 e. The van der Waals surface area contributed by atoms with Crippen molar-refractivity contribution in [3.05, 3.63) is 69.3 Å². The molecule has 0 aliphatic heterocycles. The highest BCUT2D eigenvalue weighted by molar-refractivity contribution is 7.89. The van der Waals surface area contributed by atoms with Gasteiger partial charge in [-0.15, -0.1) is 12.4 Å². The first-order valence-corrected chi connectivity index (χ1v) is 8.76. The van der Waals surface area contributed by atoms with E-state index in [0.717, 1.165) is 11.6 Å². The van der Waals surface area contributed by atoms with Crippen LogP contribution in [-0.4, -0.2) is 19.9 Å². The Labute approximate surface area is 152 Å². The third kappa shape index (κ3) is 4.99. The van der Waals surface area contributed by atoms with E-state index in [1.807, 2.05) is 30.3 Å². The summed E-state index contributed by atoms with van der Waals surface area (Å²) in [5, 5.41) is 11.0. The Hall–Kier alpha value is -2.00. The Morgan fingerprint density at radius 3 is 2.36 bits per heavy atom. The van der Waals surface area contributed by atoms with Crippen LogP contribution in [0.4, 0.5) is 5.69 Å². The minimum atomic E-state index is -3.91. The van der Waals surface area contributed by atoms with Crippen LogP contribution in [0, 0.1) is 24.0 Å². The smallest absolute Gasteiger partial charge is 0.271 e. The van der Waals surface area contributed by atoms with Gasteiger partial charge in [-0.2, -0.15) is 0 Å². The van der Waals surface area contributed by atoms with Crippen LogP contribution < -0.4 is 10.5 Å². The van der Waals surface area contributed by atoms with E-state index in [4.69, 9.17) is 5.73 Å². The summed E-state index contributed by atoms with van der Waals surface area (Å²) in [5.74, 6) is 0. The van der Waals surface area contributed by atoms with Crippen molar-refractivity contribution in [2.45, 2.75) is 24.8 Å². The summed E-state index contributed by atoms with van der Waals surface area (Å²) < 4.78 is 27.5. The highest BCUT2D eigenvalue weighted by atomic mass is 35.5. The number of sulfonamides is 1. The van der Waals surface area contributed by atoms with E-state index in [0.29, 0.717) is 11.1 Å². The number of hydrogen-bond donors (Lipinski definition) is 2. The molecule has 136 valence electrons. The molecule has 1 unspecified atom stereocenters. The second-order valence-corrected chi connectivity index (χ2v) is 7.25. The van der Waals surface area contributed by atoms with Crippen LogP contribution in [-0.2, 0) is 10.0 Å². The van der Waals surface area contributed by atoms with Gasteiger partial charge in [-0.05, 0) is 30.5 Å². The molecule has 0 saturated heterocycles. The number of nitrogens with zero attached hydrogens (tertiary/aromatic N) is 1. The molecule has 9 heteroatoms. The molecule has 0 radical (unpaired) electrons. The van der Waals surface area contributed by atoms with Crippen molar-refractivity contribution < 1.29 is 13.3 Å². The highest BCUT2D eigenvalue weighted by Gasteiger charge is 2.23. The molecule has 0 spiro atoms. The van der Waals surface area contributed by atoms with Crippen molar-refractivity contribution in [3.63, 3.8) is 0 Å². The van der Waals surface area contributed by atoms with Gasteiger partial charge in [0.1, 0.15) is 0 Å². The molecule has 0 amide bonds. The van der Waals surface area contributed by atoms with Gasteiger partial charge in [0, 0.05) is 24.7 Å². The van der Waals surface area contributed by atoms with E-state index < -0.39 is 21.0 Å². The SMILES string of the molecule is Cc1cc([N+](=O)[O-])cc(S(=O)(=O)NCC(N)c2ccccc2)c1C.Cl. The first kappa shape index (κ1) is 21.0. The third-order valence-corrected chi connectivity index (χ3v) is 5.38. The van der Waals surface area contributed by atoms with E-state index >= 15 is 0 Å². The Bertz CT molecular complexity index is 857. The molecule has 25 heavy (non-hydrogen) atoms. The normalized spacial score (nSPS) is 12.3. The molecule has 0 fully saturated rings. The molecule has 1 atom stereocenters. The summed E-state index contributed by atoms with van der Waals surface area (Å²) in [6.07, 6.45) is 0. The number of rotatable bonds is 6. The third-order valence-electron chi connectivity index (χ3n) is 3.83. The second-order valence-electron chi connectivity index (χ2n) is 5.51. The second kappa shape index (κ2) is 8.39. The molecular weight excluding hydrogens is 366 g/mol. The first-order chi connectivity index (χ1) is 11.2. The predicted molar refractivity (Wildman–Crippen MR) is 98.4 cm³/mol. The van der Waals surface area contributed by atoms with Crippen LogP contribution in [0.1, 0.15) is 22.7 Å². The van der Waals surface area contributed by atoms with Gasteiger partial charge in [-0.25, -0.2) is 13.1 Å². The lowest BCUT2D eigenvalue weighted by Crippen LogP contribution is -2.32. The number of nitro groups is 1. The molecule has 2 aromatic carbocycles. The number of halogens is 1. The summed E-state index contributed by atoms with van der Waals surface area (Å²) in [7, 11) is -3.91. The van der Waals surface area contributed by atoms with E-state index in [1.54, 1.807) is 13.8 Å². The average Bonchev–Trinajstić information content (AvgIpc) is 2.55. The molecule has 3 N–H and O–H groups in total. The molecule has 0 aromatic heterocycles. The fourth-order valence-electron chi connectivity index (χ4n) is 2.29. The van der Waals surface area contributed by atoms with Gasteiger partial charge in [0.15, 0.2) is 0 Å². The van der Waals surface area contributed by atoms with Gasteiger partial charge in [-0.3, -0.25) is 10.1 Å². The van der Waals surface area contributed by atoms with Crippen molar-refractivity contribution in [1.29, 1.82) is 0 Å². The molecule has 0 aliphatic rings. The van der Waals surface area contributed by atoms with Gasteiger partial charge >= 0.3 is 0 Å². The highest BCUT2D eigenvalue weighted by Crippen LogP contribution is 2.25. The maximum Gasteiger partial charge on any atom is 0.271 e. The minimum absolute atomic E-state index is 0. The molecule has 2 rings (SSSR count). The quantitative estimate of drug-likeness (QED) is 0.585. The average molecular weight is 386 g/mol. The van der Waals surface area contributed by atoms with E-state index in [2.05, 4.69) is 4.72 Å². The van der Waals surface area contributed by atoms with Crippen molar-refractivity contribution in [3.8, 4) is 0 Å². The lowest BCUT2D eigenvalue weighted by molar-refractivity contribution is -0.385. The lowest BCUT2D eigenvalue weighted by Gasteiger charge is -2.15. The Balaban J connectivity index is 0.00000312. The number of hydrogen-bond acceptors (Lipinski definition) is 5. The van der Waals surface area contributed by atoms with Crippen molar-refractivity contribution in [1.82, 2.24) is 4.72 Å². The van der Waals surface area contributed by atoms with Gasteiger partial charge in [0.2, 0.25) is 10.0 Å². The van der Waals surface area contributed by atoms with E-state index in [9.17, 15) is 18.5 Å². The van der Waals surface area contributed by atoms with Gasteiger partial charge in [0.25, 0.3) is 5.69 Å². The summed E-state index contributed by atoms with van der Waals surface area (Å²) in [5.41, 5.74) is 7.54. The number of non-ortho nitro benzene ring substituents is 1. The molecule has 7 nitrogen and oxygen atoms in total. The Morgan fingerprint density at radius 1 is 1.20 bits per heavy atom. The zero-order chi connectivity index (χ0) is 17.9. The van der Waals surface area contributed by atoms with Crippen molar-refractivity contribution >= 4 is 28.1 Å². The standard InChI is InChI=1S/C16H19N3O4S.ClH/c1-11-8-14(19(20)21)9-16(12(11)2)24(22,23)18-10-15(17)13-6-4-3-5-7-13;/h3-9,15,18H,10,17H2,1-2H3;1H. The van der Waals surface area contributed by atoms with Gasteiger partial charge in [-0.1, -0.05) is 30.3 Å². The number of nitrogens with two attached hydrogens (primary N) is 1. The number of aryl methyl sites for hydroxylation is 1. The van der Waals surface area contributed by atoms with Crippen LogP contribution >= 0.6 is 12.4 Å². The van der Waals surface area contributed by atoms with Crippen LogP contribution in [0.25, 0.3) is 0 Å². The Kier molecular flexibility index (Phi) is 7.06. The molecule has 0 saturated carbocycles. The van der Waals surface area contributed by atoms with Crippen LogP contribution in [0.2, 0.25) is 0 Å². The van der Waals surface area contributed by atoms with Crippen molar-refractivity contribution in [2.24, 2.45) is 5.73 Å². The first-order valence-electron chi connectivity index (χ1n) is 7.28. The van der Waals surface area contributed by atoms with Crippen molar-refractivity contribution in [2.75, 3.05) is 6.54 Å². The number of benzene rings is 2. The zero-order valence-electron chi connectivity index (χ0n) is 13.8. The van der Waals surface area contributed by atoms with E-state index in [-0.39, 0.29) is 29.5 Å². The maximum absolute atomic E-state index is 12.5. The molecule has 0 heterocycles. The molecule has 0 aliphatic carbocycles. The summed E-state index contributed by atoms with van der Waals surface area (Å²) >= 11 is 0. The number of nitrogens with one attached hydrogen (secondary N) is 1. The zero-order valence-corrected chi connectivity index (χ0v) is 15.4.